The van der Waals surface area contributed by atoms with Gasteiger partial charge in [0, 0.05) is 25.8 Å². The first-order valence-corrected chi connectivity index (χ1v) is 10.2. The van der Waals surface area contributed by atoms with Crippen LogP contribution in [0.3, 0.4) is 0 Å². The standard InChI is InChI=1S/C22H28N4O4/c1-5-29-22(28)18-7-8-19(25-16(18)4)21(27)24-11-17-6-9-20(23-10-17)26-12-14(2)30-15(3)13-26/h6-10,14-15H,5,11-13H2,1-4H3,(H,24,27). The van der Waals surface area contributed by atoms with Crippen molar-refractivity contribution in [3.63, 3.8) is 0 Å². The van der Waals surface area contributed by atoms with Crippen molar-refractivity contribution in [3.8, 4) is 0 Å². The average Bonchev–Trinajstić information content (AvgIpc) is 2.71. The highest BCUT2D eigenvalue weighted by atomic mass is 16.5. The number of amides is 1. The molecule has 0 spiro atoms. The number of pyridine rings is 2. The topological polar surface area (TPSA) is 93.7 Å². The van der Waals surface area contributed by atoms with Gasteiger partial charge in [-0.25, -0.2) is 14.8 Å². The van der Waals surface area contributed by atoms with Crippen molar-refractivity contribution in [2.75, 3.05) is 24.6 Å². The molecule has 1 saturated heterocycles. The fourth-order valence-corrected chi connectivity index (χ4v) is 3.46. The number of hydrogen-bond acceptors (Lipinski definition) is 7. The summed E-state index contributed by atoms with van der Waals surface area (Å²) in [7, 11) is 0. The Hall–Kier alpha value is -3.00. The van der Waals surface area contributed by atoms with E-state index in [0.29, 0.717) is 17.8 Å². The van der Waals surface area contributed by atoms with E-state index in [9.17, 15) is 9.59 Å². The summed E-state index contributed by atoms with van der Waals surface area (Å²) in [6.45, 7) is 9.77. The number of esters is 1. The molecule has 8 nitrogen and oxygen atoms in total. The molecule has 2 unspecified atom stereocenters. The Morgan fingerprint density at radius 2 is 1.93 bits per heavy atom. The Morgan fingerprint density at radius 1 is 1.20 bits per heavy atom. The van der Waals surface area contributed by atoms with E-state index in [1.807, 2.05) is 12.1 Å². The van der Waals surface area contributed by atoms with E-state index in [-0.39, 0.29) is 30.4 Å². The molecule has 2 atom stereocenters. The highest BCUT2D eigenvalue weighted by molar-refractivity contribution is 5.95. The number of anilines is 1. The summed E-state index contributed by atoms with van der Waals surface area (Å²) >= 11 is 0. The number of aromatic nitrogens is 2. The van der Waals surface area contributed by atoms with Crippen molar-refractivity contribution in [1.29, 1.82) is 0 Å². The second kappa shape index (κ2) is 9.67. The first-order valence-electron chi connectivity index (χ1n) is 10.2. The molecule has 3 rings (SSSR count). The molecule has 0 aliphatic carbocycles. The smallest absolute Gasteiger partial charge is 0.339 e. The fraction of sp³-hybridized carbons (Fsp3) is 0.455. The molecule has 1 fully saturated rings. The first kappa shape index (κ1) is 21.7. The Kier molecular flexibility index (Phi) is 6.99. The molecular formula is C22H28N4O4. The van der Waals surface area contributed by atoms with Crippen molar-refractivity contribution in [2.24, 2.45) is 0 Å². The van der Waals surface area contributed by atoms with Crippen LogP contribution in [0, 0.1) is 6.92 Å². The maximum absolute atomic E-state index is 12.4. The highest BCUT2D eigenvalue weighted by Gasteiger charge is 2.23. The zero-order valence-corrected chi connectivity index (χ0v) is 17.8. The normalized spacial score (nSPS) is 18.7. The molecule has 3 heterocycles. The highest BCUT2D eigenvalue weighted by Crippen LogP contribution is 2.18. The fourth-order valence-electron chi connectivity index (χ4n) is 3.46. The van der Waals surface area contributed by atoms with Gasteiger partial charge in [0.05, 0.1) is 30.1 Å². The average molecular weight is 412 g/mol. The van der Waals surface area contributed by atoms with Crippen LogP contribution in [-0.4, -0.2) is 53.7 Å². The molecule has 2 aromatic heterocycles. The van der Waals surface area contributed by atoms with Crippen LogP contribution in [0.2, 0.25) is 0 Å². The zero-order chi connectivity index (χ0) is 21.7. The Labute approximate surface area is 176 Å². The summed E-state index contributed by atoms with van der Waals surface area (Å²) in [5.74, 6) is 0.150. The van der Waals surface area contributed by atoms with Gasteiger partial charge in [-0.3, -0.25) is 4.79 Å². The second-order valence-electron chi connectivity index (χ2n) is 7.42. The predicted molar refractivity (Wildman–Crippen MR) is 113 cm³/mol. The van der Waals surface area contributed by atoms with Crippen LogP contribution in [0.4, 0.5) is 5.82 Å². The van der Waals surface area contributed by atoms with Crippen LogP contribution in [0.5, 0.6) is 0 Å². The third-order valence-corrected chi connectivity index (χ3v) is 4.82. The van der Waals surface area contributed by atoms with Gasteiger partial charge in [0.15, 0.2) is 0 Å². The maximum atomic E-state index is 12.4. The SMILES string of the molecule is CCOC(=O)c1ccc(C(=O)NCc2ccc(N3CC(C)OC(C)C3)nc2)nc1C. The number of carbonyl (C=O) groups excluding carboxylic acids is 2. The largest absolute Gasteiger partial charge is 0.462 e. The van der Waals surface area contributed by atoms with E-state index >= 15 is 0 Å². The third-order valence-electron chi connectivity index (χ3n) is 4.82. The summed E-state index contributed by atoms with van der Waals surface area (Å²) in [5, 5.41) is 2.84. The van der Waals surface area contributed by atoms with E-state index in [0.717, 1.165) is 24.5 Å². The van der Waals surface area contributed by atoms with Crippen LogP contribution in [0.15, 0.2) is 30.5 Å². The van der Waals surface area contributed by atoms with Gasteiger partial charge < -0.3 is 19.7 Å². The molecule has 1 aliphatic heterocycles. The van der Waals surface area contributed by atoms with Crippen molar-refractivity contribution in [1.82, 2.24) is 15.3 Å². The second-order valence-corrected chi connectivity index (χ2v) is 7.42. The van der Waals surface area contributed by atoms with Crippen molar-refractivity contribution in [3.05, 3.63) is 53.0 Å². The van der Waals surface area contributed by atoms with Gasteiger partial charge in [0.25, 0.3) is 5.91 Å². The molecule has 1 amide bonds. The monoisotopic (exact) mass is 412 g/mol. The van der Waals surface area contributed by atoms with Gasteiger partial charge in [-0.15, -0.1) is 0 Å². The number of carbonyl (C=O) groups is 2. The summed E-state index contributed by atoms with van der Waals surface area (Å²) in [6.07, 6.45) is 2.10. The Bertz CT molecular complexity index is 891. The molecule has 0 aromatic carbocycles. The van der Waals surface area contributed by atoms with E-state index in [4.69, 9.17) is 9.47 Å². The van der Waals surface area contributed by atoms with Crippen molar-refractivity contribution in [2.45, 2.75) is 46.4 Å². The molecule has 2 aromatic rings. The molecule has 0 radical (unpaired) electrons. The lowest BCUT2D eigenvalue weighted by Crippen LogP contribution is -2.45. The number of morpholine rings is 1. The number of nitrogens with zero attached hydrogens (tertiary/aromatic N) is 3. The minimum absolute atomic E-state index is 0.167. The van der Waals surface area contributed by atoms with Crippen LogP contribution in [-0.2, 0) is 16.0 Å². The summed E-state index contributed by atoms with van der Waals surface area (Å²) in [5.41, 5.74) is 1.96. The zero-order valence-electron chi connectivity index (χ0n) is 17.8. The predicted octanol–water partition coefficient (Wildman–Crippen LogP) is 2.51. The van der Waals surface area contributed by atoms with E-state index in [1.54, 1.807) is 26.1 Å². The molecule has 0 saturated carbocycles. The molecule has 1 aliphatic rings. The molecular weight excluding hydrogens is 384 g/mol. The van der Waals surface area contributed by atoms with Gasteiger partial charge in [-0.2, -0.15) is 0 Å². The van der Waals surface area contributed by atoms with Crippen LogP contribution >= 0.6 is 0 Å². The number of hydrogen-bond donors (Lipinski definition) is 1. The quantitative estimate of drug-likeness (QED) is 0.729. The van der Waals surface area contributed by atoms with Crippen molar-refractivity contribution >= 4 is 17.7 Å². The van der Waals surface area contributed by atoms with Crippen LogP contribution < -0.4 is 10.2 Å². The minimum atomic E-state index is -0.440. The number of rotatable bonds is 6. The van der Waals surface area contributed by atoms with Gasteiger partial charge in [0.2, 0.25) is 0 Å². The number of ether oxygens (including phenoxy) is 2. The molecule has 8 heteroatoms. The number of nitrogens with one attached hydrogen (secondary N) is 1. The summed E-state index contributed by atoms with van der Waals surface area (Å²) < 4.78 is 10.7. The molecule has 1 N–H and O–H groups in total. The van der Waals surface area contributed by atoms with Crippen LogP contribution in [0.25, 0.3) is 0 Å². The molecule has 30 heavy (non-hydrogen) atoms. The third kappa shape index (κ3) is 5.33. The lowest BCUT2D eigenvalue weighted by atomic mass is 10.2. The van der Waals surface area contributed by atoms with Crippen LogP contribution in [0.1, 0.15) is 52.9 Å². The summed E-state index contributed by atoms with van der Waals surface area (Å²) in [6, 6.07) is 7.01. The number of aryl methyl sites for hydroxylation is 1. The van der Waals surface area contributed by atoms with E-state index in [2.05, 4.69) is 34.0 Å². The lowest BCUT2D eigenvalue weighted by Gasteiger charge is -2.36. The maximum Gasteiger partial charge on any atom is 0.339 e. The van der Waals surface area contributed by atoms with E-state index in [1.165, 1.54) is 6.07 Å². The minimum Gasteiger partial charge on any atom is -0.462 e. The van der Waals surface area contributed by atoms with Gasteiger partial charge in [0.1, 0.15) is 11.5 Å². The molecule has 160 valence electrons. The van der Waals surface area contributed by atoms with Gasteiger partial charge >= 0.3 is 5.97 Å². The molecule has 0 bridgehead atoms. The van der Waals surface area contributed by atoms with Gasteiger partial charge in [-0.1, -0.05) is 6.07 Å². The lowest BCUT2D eigenvalue weighted by molar-refractivity contribution is -0.00546. The van der Waals surface area contributed by atoms with E-state index < -0.39 is 5.97 Å². The van der Waals surface area contributed by atoms with Crippen molar-refractivity contribution < 1.29 is 19.1 Å². The van der Waals surface area contributed by atoms with Gasteiger partial charge in [-0.05, 0) is 51.5 Å². The first-order chi connectivity index (χ1) is 14.4. The summed E-state index contributed by atoms with van der Waals surface area (Å²) in [4.78, 5) is 35.3. The Balaban J connectivity index is 1.58. The Morgan fingerprint density at radius 3 is 2.53 bits per heavy atom.